The molecule has 0 radical (unpaired) electrons. The number of hydrogen-bond donors (Lipinski definition) is 1. The highest BCUT2D eigenvalue weighted by atomic mass is 16.5. The molecule has 1 aromatic rings. The molecular weight excluding hydrogens is 274 g/mol. The van der Waals surface area contributed by atoms with Crippen LogP contribution in [0.1, 0.15) is 64.1 Å². The first kappa shape index (κ1) is 17.5. The lowest BCUT2D eigenvalue weighted by Crippen LogP contribution is -2.34. The summed E-state index contributed by atoms with van der Waals surface area (Å²) in [6.45, 7) is 12.8. The van der Waals surface area contributed by atoms with Crippen LogP contribution in [0.15, 0.2) is 6.20 Å². The number of aromatic amines is 1. The highest BCUT2D eigenvalue weighted by Crippen LogP contribution is 2.46. The first-order valence-electron chi connectivity index (χ1n) is 8.76. The van der Waals surface area contributed by atoms with Crippen molar-refractivity contribution in [2.24, 2.45) is 11.3 Å². The number of nitrogens with zero attached hydrogens (tertiary/aromatic N) is 2. The minimum Gasteiger partial charge on any atom is -0.381 e. The van der Waals surface area contributed by atoms with Gasteiger partial charge >= 0.3 is 0 Å². The van der Waals surface area contributed by atoms with Crippen molar-refractivity contribution in [3.05, 3.63) is 17.5 Å². The fourth-order valence-electron chi connectivity index (χ4n) is 3.55. The number of hydrogen-bond acceptors (Lipinski definition) is 3. The average molecular weight is 307 g/mol. The van der Waals surface area contributed by atoms with Gasteiger partial charge in [0.25, 0.3) is 0 Å². The zero-order chi connectivity index (χ0) is 16.2. The highest BCUT2D eigenvalue weighted by Gasteiger charge is 2.38. The van der Waals surface area contributed by atoms with Crippen LogP contribution >= 0.6 is 0 Å². The molecule has 0 aliphatic heterocycles. The lowest BCUT2D eigenvalue weighted by atomic mass is 9.65. The van der Waals surface area contributed by atoms with Gasteiger partial charge in [-0.05, 0) is 51.1 Å². The van der Waals surface area contributed by atoms with Crippen LogP contribution in [0.2, 0.25) is 0 Å². The van der Waals surface area contributed by atoms with E-state index in [-0.39, 0.29) is 0 Å². The van der Waals surface area contributed by atoms with Crippen LogP contribution in [0.5, 0.6) is 0 Å². The van der Waals surface area contributed by atoms with Gasteiger partial charge in [-0.3, -0.25) is 5.10 Å². The Hall–Kier alpha value is -0.870. The first-order chi connectivity index (χ1) is 10.5. The summed E-state index contributed by atoms with van der Waals surface area (Å²) in [6, 6.07) is 0. The van der Waals surface area contributed by atoms with Crippen molar-refractivity contribution in [2.75, 3.05) is 26.8 Å². The fourth-order valence-corrected chi connectivity index (χ4v) is 3.55. The largest absolute Gasteiger partial charge is 0.381 e. The predicted octanol–water partition coefficient (Wildman–Crippen LogP) is 3.81. The molecule has 1 heterocycles. The van der Waals surface area contributed by atoms with E-state index in [1.54, 1.807) is 0 Å². The first-order valence-corrected chi connectivity index (χ1v) is 8.76. The maximum atomic E-state index is 5.75. The summed E-state index contributed by atoms with van der Waals surface area (Å²) in [7, 11) is 2.17. The summed E-state index contributed by atoms with van der Waals surface area (Å²) in [6.07, 6.45) is 5.73. The summed E-state index contributed by atoms with van der Waals surface area (Å²) in [4.78, 5) is 2.33. The second-order valence-corrected chi connectivity index (χ2v) is 7.46. The molecule has 1 aliphatic rings. The van der Waals surface area contributed by atoms with E-state index in [0.717, 1.165) is 26.3 Å². The summed E-state index contributed by atoms with van der Waals surface area (Å²) in [5.74, 6) is 1.23. The number of nitrogens with one attached hydrogen (secondary N) is 1. The Morgan fingerprint density at radius 3 is 2.86 bits per heavy atom. The molecule has 4 nitrogen and oxygen atoms in total. The second kappa shape index (κ2) is 7.60. The number of rotatable bonds is 7. The van der Waals surface area contributed by atoms with Crippen LogP contribution in [0.3, 0.4) is 0 Å². The molecule has 22 heavy (non-hydrogen) atoms. The second-order valence-electron chi connectivity index (χ2n) is 7.46. The zero-order valence-electron chi connectivity index (χ0n) is 15.0. The Labute approximate surface area is 135 Å². The van der Waals surface area contributed by atoms with Crippen molar-refractivity contribution < 1.29 is 4.74 Å². The third-order valence-electron chi connectivity index (χ3n) is 5.47. The van der Waals surface area contributed by atoms with E-state index in [1.807, 2.05) is 6.20 Å². The average Bonchev–Trinajstić information content (AvgIpc) is 2.93. The number of aromatic nitrogens is 2. The van der Waals surface area contributed by atoms with Crippen LogP contribution in [0, 0.1) is 11.3 Å². The molecule has 0 spiro atoms. The number of H-pyrrole nitrogens is 1. The van der Waals surface area contributed by atoms with Gasteiger partial charge in [-0.25, -0.2) is 0 Å². The van der Waals surface area contributed by atoms with Crippen LogP contribution in [0.25, 0.3) is 0 Å². The van der Waals surface area contributed by atoms with Gasteiger partial charge in [0, 0.05) is 36.9 Å². The van der Waals surface area contributed by atoms with E-state index in [2.05, 4.69) is 49.8 Å². The van der Waals surface area contributed by atoms with E-state index in [9.17, 15) is 0 Å². The molecule has 4 heteroatoms. The van der Waals surface area contributed by atoms with Crippen LogP contribution in [-0.2, 0) is 11.3 Å². The summed E-state index contributed by atoms with van der Waals surface area (Å²) < 4.78 is 5.75. The Bertz CT molecular complexity index is 455. The fraction of sp³-hybridized carbons (Fsp3) is 0.833. The van der Waals surface area contributed by atoms with E-state index in [4.69, 9.17) is 4.74 Å². The smallest absolute Gasteiger partial charge is 0.0535 e. The SMILES string of the molecule is CCOC[C@@H]1CC(c2[nH]ncc2CN(C)CC)CCC1(C)C. The minimum absolute atomic E-state index is 0.381. The molecule has 1 unspecified atom stereocenters. The van der Waals surface area contributed by atoms with Gasteiger partial charge in [0.1, 0.15) is 0 Å². The lowest BCUT2D eigenvalue weighted by Gasteiger charge is -2.42. The maximum absolute atomic E-state index is 5.75. The molecule has 2 rings (SSSR count). The van der Waals surface area contributed by atoms with Crippen molar-refractivity contribution in [2.45, 2.75) is 59.4 Å². The lowest BCUT2D eigenvalue weighted by molar-refractivity contribution is 0.0223. The Morgan fingerprint density at radius 1 is 1.41 bits per heavy atom. The van der Waals surface area contributed by atoms with Crippen LogP contribution in [0.4, 0.5) is 0 Å². The van der Waals surface area contributed by atoms with Gasteiger partial charge < -0.3 is 9.64 Å². The highest BCUT2D eigenvalue weighted by molar-refractivity contribution is 5.21. The maximum Gasteiger partial charge on any atom is 0.0535 e. The molecule has 1 aromatic heterocycles. The van der Waals surface area contributed by atoms with Crippen molar-refractivity contribution in [3.8, 4) is 0 Å². The third-order valence-corrected chi connectivity index (χ3v) is 5.47. The summed E-state index contributed by atoms with van der Waals surface area (Å²) in [5.41, 5.74) is 3.10. The molecule has 1 fully saturated rings. The van der Waals surface area contributed by atoms with Gasteiger partial charge in [-0.2, -0.15) is 5.10 Å². The molecule has 0 aromatic carbocycles. The quantitative estimate of drug-likeness (QED) is 0.833. The van der Waals surface area contributed by atoms with E-state index < -0.39 is 0 Å². The van der Waals surface area contributed by atoms with E-state index >= 15 is 0 Å². The summed E-state index contributed by atoms with van der Waals surface area (Å²) in [5, 5.41) is 7.62. The third kappa shape index (κ3) is 4.11. The Balaban J connectivity index is 2.08. The molecule has 0 saturated heterocycles. The molecule has 0 amide bonds. The molecular formula is C18H33N3O. The summed E-state index contributed by atoms with van der Waals surface area (Å²) >= 11 is 0. The predicted molar refractivity (Wildman–Crippen MR) is 91.0 cm³/mol. The van der Waals surface area contributed by atoms with Gasteiger partial charge in [0.2, 0.25) is 0 Å². The topological polar surface area (TPSA) is 41.1 Å². The van der Waals surface area contributed by atoms with Crippen LogP contribution < -0.4 is 0 Å². The van der Waals surface area contributed by atoms with E-state index in [0.29, 0.717) is 17.3 Å². The molecule has 1 N–H and O–H groups in total. The van der Waals surface area contributed by atoms with Gasteiger partial charge in [-0.1, -0.05) is 20.8 Å². The normalized spacial score (nSPS) is 24.8. The van der Waals surface area contributed by atoms with Crippen molar-refractivity contribution in [1.82, 2.24) is 15.1 Å². The zero-order valence-corrected chi connectivity index (χ0v) is 15.0. The molecule has 126 valence electrons. The van der Waals surface area contributed by atoms with Crippen molar-refractivity contribution in [3.63, 3.8) is 0 Å². The van der Waals surface area contributed by atoms with Gasteiger partial charge in [-0.15, -0.1) is 0 Å². The number of ether oxygens (including phenoxy) is 1. The van der Waals surface area contributed by atoms with E-state index in [1.165, 1.54) is 30.5 Å². The standard InChI is InChI=1S/C18H33N3O/c1-6-21(5)12-15-11-19-20-17(15)14-8-9-18(3,4)16(10-14)13-22-7-2/h11,14,16H,6-10,12-13H2,1-5H3,(H,19,20)/t14?,16-/m0/s1. The Morgan fingerprint density at radius 2 is 2.18 bits per heavy atom. The molecule has 2 atom stereocenters. The van der Waals surface area contributed by atoms with Crippen LogP contribution in [-0.4, -0.2) is 41.9 Å². The van der Waals surface area contributed by atoms with Gasteiger partial charge in [0.05, 0.1) is 6.20 Å². The molecule has 0 bridgehead atoms. The molecule has 1 saturated carbocycles. The van der Waals surface area contributed by atoms with Crippen molar-refractivity contribution in [1.29, 1.82) is 0 Å². The minimum atomic E-state index is 0.381. The molecule has 1 aliphatic carbocycles. The monoisotopic (exact) mass is 307 g/mol. The van der Waals surface area contributed by atoms with Gasteiger partial charge in [0.15, 0.2) is 0 Å². The van der Waals surface area contributed by atoms with Crippen molar-refractivity contribution >= 4 is 0 Å². The Kier molecular flexibility index (Phi) is 6.04.